The zero-order chi connectivity index (χ0) is 91.6. The number of nitrogens with two attached hydrogens (primary N) is 1. The van der Waals surface area contributed by atoms with Crippen molar-refractivity contribution in [2.75, 3.05) is 23.1 Å². The summed E-state index contributed by atoms with van der Waals surface area (Å²) in [6.45, 7) is 13.0. The Morgan fingerprint density at radius 1 is 0.451 bits per heavy atom. The van der Waals surface area contributed by atoms with Gasteiger partial charge in [-0.1, -0.05) is 158 Å². The zero-order valence-corrected chi connectivity index (χ0v) is 76.9. The molecule has 3 aromatic heterocycles. The number of ether oxygens (including phenoxy) is 3. The van der Waals surface area contributed by atoms with Gasteiger partial charge in [0.05, 0.1) is 47.6 Å². The summed E-state index contributed by atoms with van der Waals surface area (Å²) in [6, 6.07) is 69.0. The SMILES string of the molecule is CC(C)(C)OC(=O)N(Cc1cccc(-c2[nH]c3cc(NC(=O)[C@@H]4C[C@H]4c4ccccc4)cc4c3c2C=NNC4=O)c1)C1CCC1.COC(=O)c1cc(NC(=O)C2C[C@H]2c2ccccc2)cc2[nH]c(-c3cccc(CN(C(=O)OC(C)(C)C)C4CCC4)c3)cc12.Cl.NC1CCC1.O=C1NN=Cc2c(-c3cccc(CNC4CCC4)c3)[nH]c3cc(NC(=O)[C@@H]4C[C@H]4c4ccccc4)cc1c23. The number of carbonyl (C=O) groups excluding carboxylic acids is 8. The number of halogens is 1. The molecular formula is C107H115ClN14O11. The van der Waals surface area contributed by atoms with Crippen LogP contribution < -0.4 is 37.9 Å². The Kier molecular flexibility index (Phi) is 26.9. The number of nitrogens with zero attached hydrogens (tertiary/aromatic N) is 4. The molecular weight excluding hydrogens is 1690 g/mol. The van der Waals surface area contributed by atoms with Gasteiger partial charge >= 0.3 is 18.2 Å². The van der Waals surface area contributed by atoms with Crippen LogP contribution in [-0.4, -0.2) is 127 Å². The topological polar surface area (TPSA) is 341 Å². The fraction of sp³-hybridized carbons (Fsp3) is 0.346. The summed E-state index contributed by atoms with van der Waals surface area (Å²) < 4.78 is 16.6. The van der Waals surface area contributed by atoms with E-state index in [0.29, 0.717) is 69.8 Å². The van der Waals surface area contributed by atoms with Gasteiger partial charge in [0, 0.05) is 128 Å². The number of fused-ring (bicyclic) bond motifs is 1. The van der Waals surface area contributed by atoms with Crippen LogP contribution in [0, 0.1) is 17.8 Å². The van der Waals surface area contributed by atoms with Gasteiger partial charge in [-0.05, 0) is 254 Å². The number of rotatable bonds is 22. The van der Waals surface area contributed by atoms with Crippen molar-refractivity contribution in [2.45, 2.75) is 211 Å². The first kappa shape index (κ1) is 91.4. The molecule has 0 saturated heterocycles. The van der Waals surface area contributed by atoms with Gasteiger partial charge in [0.1, 0.15) is 11.2 Å². The summed E-state index contributed by atoms with van der Waals surface area (Å²) >= 11 is 0. The Bertz CT molecular complexity index is 6450. The Morgan fingerprint density at radius 2 is 0.842 bits per heavy atom. The fourth-order valence-corrected chi connectivity index (χ4v) is 18.4. The highest BCUT2D eigenvalue weighted by Gasteiger charge is 2.47. The third-order valence-corrected chi connectivity index (χ3v) is 26.6. The van der Waals surface area contributed by atoms with Gasteiger partial charge in [0.15, 0.2) is 0 Å². The third kappa shape index (κ3) is 21.2. The first-order valence-corrected chi connectivity index (χ1v) is 46.4. The predicted octanol–water partition coefficient (Wildman–Crippen LogP) is 20.8. The van der Waals surface area contributed by atoms with Crippen molar-refractivity contribution in [3.8, 4) is 33.8 Å². The Labute approximate surface area is 779 Å². The smallest absolute Gasteiger partial charge is 0.410 e. The van der Waals surface area contributed by atoms with Crippen molar-refractivity contribution in [3.05, 3.63) is 267 Å². The number of methoxy groups -OCH3 is 1. The van der Waals surface area contributed by atoms with Crippen molar-refractivity contribution >= 4 is 122 Å². The van der Waals surface area contributed by atoms with E-state index in [0.717, 1.165) is 148 Å². The number of H-pyrrole nitrogens is 3. The standard InChI is InChI=1S/C36H37N5O4.C36H39N3O5.C31H29N5O2.C4H9N.ClH/c1-36(2,3)45-35(44)41(25-13-8-14-25)20-21-9-7-12-23(15-21)32-29-19-37-40-34(43)28-16-24(17-30(39-32)31(28)29)38-33(42)27-18-26(27)22-10-5-4-6-11-22;1-36(2,3)44-35(42)39(26-14-9-15-26)21-22-10-8-13-24(16-22)31-20-28-30(34(41)43-4)17-25(18-32(28)38-31)37-33(40)29-19-27(29)23-11-6-5-7-12-23;37-30(24-15-23(24)19-7-2-1-3-8-19)34-22-13-25-28-26(17-33-36-31(25)38)29(35-27(28)14-22)20-9-4-6-18(12-20)16-32-21-10-5-11-21;5-4-2-1-3-4;/h4-7,9-12,15-17,19,25-27,39H,8,13-14,18,20H2,1-3H3,(H,38,42)(H,40,43);5-8,10-13,16-18,20,26-27,29,38H,9,14-15,19,21H2,1-4H3,(H,37,40);1-4,6-9,12-14,17,21,23-24,32,35H,5,10-11,15-16H2,(H,34,37)(H,36,38);4H,1-3,5H2;1H/t26-,27+;27-,29?;23-,24+;;/m000../s1. The van der Waals surface area contributed by atoms with Crippen LogP contribution in [0.15, 0.2) is 216 Å². The molecule has 1 unspecified atom stereocenters. The van der Waals surface area contributed by atoms with Gasteiger partial charge in [-0.25, -0.2) is 25.2 Å². The molecule has 7 saturated carbocycles. The molecule has 0 bridgehead atoms. The van der Waals surface area contributed by atoms with E-state index in [1.165, 1.54) is 62.3 Å². The molecule has 0 radical (unpaired) electrons. The number of anilines is 3. The molecule has 0 spiro atoms. The molecule has 9 aliphatic rings. The summed E-state index contributed by atoms with van der Waals surface area (Å²) in [5.74, 6) is -0.847. The first-order valence-electron chi connectivity index (χ1n) is 46.4. The number of aromatic amines is 3. The fourth-order valence-electron chi connectivity index (χ4n) is 18.4. The number of carbonyl (C=O) groups is 8. The molecule has 26 heteroatoms. The summed E-state index contributed by atoms with van der Waals surface area (Å²) in [5.41, 5.74) is 28.4. The maximum atomic E-state index is 13.2. The zero-order valence-electron chi connectivity index (χ0n) is 76.1. The molecule has 6 atom stereocenters. The molecule has 7 aliphatic carbocycles. The first-order chi connectivity index (χ1) is 63.8. The molecule has 133 heavy (non-hydrogen) atoms. The van der Waals surface area contributed by atoms with E-state index in [1.807, 2.05) is 167 Å². The minimum absolute atomic E-state index is 0. The van der Waals surface area contributed by atoms with E-state index in [2.05, 4.69) is 130 Å². The molecule has 7 fully saturated rings. The highest BCUT2D eigenvalue weighted by atomic mass is 35.5. The average molecular weight is 1810 g/mol. The summed E-state index contributed by atoms with van der Waals surface area (Å²) in [4.78, 5) is 119. The number of hydrogen-bond donors (Lipinski definition) is 10. The normalized spacial score (nSPS) is 19.0. The third-order valence-electron chi connectivity index (χ3n) is 26.6. The number of amides is 7. The number of esters is 1. The van der Waals surface area contributed by atoms with Crippen LogP contribution in [0.25, 0.3) is 66.5 Å². The second-order valence-corrected chi connectivity index (χ2v) is 38.5. The molecule has 686 valence electrons. The molecule has 11 N–H and O–H groups in total. The number of nitrogens with one attached hydrogen (secondary N) is 9. The minimum Gasteiger partial charge on any atom is -0.465 e. The minimum atomic E-state index is -0.574. The van der Waals surface area contributed by atoms with E-state index in [9.17, 15) is 38.4 Å². The lowest BCUT2D eigenvalue weighted by Crippen LogP contribution is -2.46. The van der Waals surface area contributed by atoms with Crippen LogP contribution in [0.4, 0.5) is 26.7 Å². The van der Waals surface area contributed by atoms with Gasteiger partial charge < -0.3 is 66.0 Å². The van der Waals surface area contributed by atoms with Crippen molar-refractivity contribution < 1.29 is 52.6 Å². The molecule has 21 rings (SSSR count). The molecule has 5 heterocycles. The summed E-state index contributed by atoms with van der Waals surface area (Å²) in [6.07, 6.45) is 19.0. The van der Waals surface area contributed by atoms with Crippen molar-refractivity contribution in [3.63, 3.8) is 0 Å². The Hall–Kier alpha value is -13.5. The maximum absolute atomic E-state index is 13.2. The molecule has 7 amide bonds. The molecule has 9 aromatic carbocycles. The molecule has 2 aliphatic heterocycles. The van der Waals surface area contributed by atoms with Crippen LogP contribution in [-0.2, 0) is 48.2 Å². The van der Waals surface area contributed by atoms with Gasteiger partial charge in [-0.3, -0.25) is 24.0 Å². The van der Waals surface area contributed by atoms with E-state index in [4.69, 9.17) is 19.9 Å². The lowest BCUT2D eigenvalue weighted by Gasteiger charge is -2.38. The monoisotopic (exact) mass is 1810 g/mol. The largest absolute Gasteiger partial charge is 0.465 e. The van der Waals surface area contributed by atoms with Crippen LogP contribution >= 0.6 is 12.4 Å². The summed E-state index contributed by atoms with van der Waals surface area (Å²) in [5, 5.41) is 23.4. The number of benzene rings is 9. The van der Waals surface area contributed by atoms with Gasteiger partial charge in [-0.15, -0.1) is 12.4 Å². The Morgan fingerprint density at radius 3 is 1.23 bits per heavy atom. The van der Waals surface area contributed by atoms with E-state index < -0.39 is 17.2 Å². The molecule has 25 nitrogen and oxygen atoms in total. The number of hydrogen-bond acceptors (Lipinski definition) is 15. The highest BCUT2D eigenvalue weighted by molar-refractivity contribution is 6.20. The lowest BCUT2D eigenvalue weighted by molar-refractivity contribution is -0.118. The average Bonchev–Trinajstić information content (AvgIpc) is 1.66. The second kappa shape index (κ2) is 39.1. The van der Waals surface area contributed by atoms with Crippen LogP contribution in [0.1, 0.15) is 231 Å². The predicted molar refractivity (Wildman–Crippen MR) is 523 cm³/mol. The van der Waals surface area contributed by atoms with E-state index >= 15 is 0 Å². The van der Waals surface area contributed by atoms with Crippen molar-refractivity contribution in [1.29, 1.82) is 0 Å². The second-order valence-electron chi connectivity index (χ2n) is 38.5. The van der Waals surface area contributed by atoms with Gasteiger partial charge in [0.25, 0.3) is 11.8 Å². The van der Waals surface area contributed by atoms with Gasteiger partial charge in [0.2, 0.25) is 17.7 Å². The highest BCUT2D eigenvalue weighted by Crippen LogP contribution is 2.51. The van der Waals surface area contributed by atoms with E-state index in [-0.39, 0.29) is 102 Å². The Balaban J connectivity index is 0.000000135. The summed E-state index contributed by atoms with van der Waals surface area (Å²) in [7, 11) is 1.35. The number of hydrazone groups is 2. The van der Waals surface area contributed by atoms with Gasteiger partial charge in [-0.2, -0.15) is 10.2 Å². The van der Waals surface area contributed by atoms with Crippen LogP contribution in [0.5, 0.6) is 0 Å². The van der Waals surface area contributed by atoms with Crippen molar-refractivity contribution in [2.24, 2.45) is 33.7 Å². The quantitative estimate of drug-likeness (QED) is 0.0223. The van der Waals surface area contributed by atoms with Crippen LogP contribution in [0.3, 0.4) is 0 Å². The maximum Gasteiger partial charge on any atom is 0.410 e. The van der Waals surface area contributed by atoms with Crippen LogP contribution in [0.2, 0.25) is 0 Å². The number of aromatic nitrogens is 3. The van der Waals surface area contributed by atoms with E-state index in [1.54, 1.807) is 30.6 Å². The van der Waals surface area contributed by atoms with Crippen molar-refractivity contribution in [1.82, 2.24) is 40.9 Å². The molecule has 12 aromatic rings. The lowest BCUT2D eigenvalue weighted by atomic mass is 9.91.